The second-order valence-corrected chi connectivity index (χ2v) is 16.8. The molecule has 276 valence electrons. The van der Waals surface area contributed by atoms with E-state index in [0.29, 0.717) is 24.7 Å². The number of amides is 3. The third-order valence-electron chi connectivity index (χ3n) is 10.5. The molecule has 51 heavy (non-hydrogen) atoms. The van der Waals surface area contributed by atoms with Gasteiger partial charge in [-0.25, -0.2) is 9.78 Å². The van der Waals surface area contributed by atoms with Crippen molar-refractivity contribution >= 4 is 29.2 Å². The maximum absolute atomic E-state index is 14.1. The Labute approximate surface area is 303 Å². The molecule has 12 nitrogen and oxygen atoms in total. The van der Waals surface area contributed by atoms with Gasteiger partial charge in [0.1, 0.15) is 23.7 Å². The molecule has 2 aromatic heterocycles. The summed E-state index contributed by atoms with van der Waals surface area (Å²) in [6.07, 6.45) is 2.57. The molecule has 0 bridgehead atoms. The second-order valence-electron chi connectivity index (χ2n) is 15.9. The summed E-state index contributed by atoms with van der Waals surface area (Å²) in [7, 11) is 0. The van der Waals surface area contributed by atoms with Crippen molar-refractivity contribution in [1.29, 1.82) is 0 Å². The number of aliphatic hydroxyl groups excluding tert-OH is 1. The zero-order chi connectivity index (χ0) is 36.7. The van der Waals surface area contributed by atoms with E-state index in [-0.39, 0.29) is 54.4 Å². The summed E-state index contributed by atoms with van der Waals surface area (Å²) in [5, 5.41) is 17.8. The van der Waals surface area contributed by atoms with E-state index in [1.807, 2.05) is 78.2 Å². The van der Waals surface area contributed by atoms with Gasteiger partial charge in [0.25, 0.3) is 5.88 Å². The first-order valence-electron chi connectivity index (χ1n) is 18.0. The molecule has 2 aliphatic heterocycles. The number of carbonyl (C=O) groups excluding carboxylic acids is 3. The lowest BCUT2D eigenvalue weighted by Gasteiger charge is -2.51. The third-order valence-corrected chi connectivity index (χ3v) is 11.5. The predicted molar refractivity (Wildman–Crippen MR) is 192 cm³/mol. The quantitative estimate of drug-likeness (QED) is 0.262. The van der Waals surface area contributed by atoms with Crippen molar-refractivity contribution in [3.8, 4) is 16.3 Å². The van der Waals surface area contributed by atoms with Gasteiger partial charge in [0.05, 0.1) is 28.2 Å². The van der Waals surface area contributed by atoms with E-state index in [0.717, 1.165) is 47.4 Å². The highest BCUT2D eigenvalue weighted by molar-refractivity contribution is 7.13. The molecule has 4 heterocycles. The molecule has 3 amide bonds. The molecule has 6 rings (SSSR count). The van der Waals surface area contributed by atoms with Crippen molar-refractivity contribution in [1.82, 2.24) is 25.3 Å². The van der Waals surface area contributed by atoms with Gasteiger partial charge < -0.3 is 34.2 Å². The van der Waals surface area contributed by atoms with Gasteiger partial charge in [0, 0.05) is 32.1 Å². The number of β-amino-alcohol motifs (C(OH)–C–C–N with tert-alkyl or cyclic N) is 1. The number of nitrogens with zero attached hydrogens (tertiary/aromatic N) is 4. The average molecular weight is 722 g/mol. The van der Waals surface area contributed by atoms with Gasteiger partial charge >= 0.3 is 6.09 Å². The molecule has 13 heteroatoms. The molecule has 1 aliphatic carbocycles. The highest BCUT2D eigenvalue weighted by Crippen LogP contribution is 2.50. The largest absolute Gasteiger partial charge is 0.472 e. The predicted octanol–water partition coefficient (Wildman–Crippen LogP) is 6.24. The maximum Gasteiger partial charge on any atom is 0.410 e. The molecule has 3 aromatic rings. The van der Waals surface area contributed by atoms with Crippen LogP contribution in [0.15, 0.2) is 40.4 Å². The molecule has 2 saturated heterocycles. The van der Waals surface area contributed by atoms with Crippen LogP contribution in [-0.2, 0) is 14.3 Å². The third kappa shape index (κ3) is 8.25. The maximum atomic E-state index is 14.1. The Balaban J connectivity index is 1.04. The van der Waals surface area contributed by atoms with E-state index < -0.39 is 23.7 Å². The molecule has 1 aromatic carbocycles. The number of likely N-dealkylation sites (tertiary alicyclic amines) is 2. The number of hydrogen-bond donors (Lipinski definition) is 2. The molecule has 0 radical (unpaired) electrons. The van der Waals surface area contributed by atoms with Crippen molar-refractivity contribution in [2.45, 2.75) is 116 Å². The smallest absolute Gasteiger partial charge is 0.410 e. The molecular formula is C38H51N5O7S. The normalized spacial score (nSPS) is 21.7. The molecular weight excluding hydrogens is 671 g/mol. The standard InChI is InChI=1S/C38H51N5O7S/c1-22(2)32(30-17-31(41-50-30)48-28-18-38(19-28)12-14-42(15-13-38)36(47)49-37(5,6)7)35(46)43-20-27(44)16-29(43)34(45)40-23(3)25-8-10-26(11-9-25)33-24(4)39-21-51-33/h8-11,17,21-23,27-29,32,44H,12-16,18-20H2,1-7H3,(H,40,45)/t23?,27-,29+,32?/m1/s1. The Morgan fingerprint density at radius 3 is 2.39 bits per heavy atom. The fraction of sp³-hybridized carbons (Fsp3) is 0.605. The number of aromatic nitrogens is 2. The Morgan fingerprint density at radius 2 is 1.78 bits per heavy atom. The van der Waals surface area contributed by atoms with Gasteiger partial charge in [-0.3, -0.25) is 9.59 Å². The van der Waals surface area contributed by atoms with Gasteiger partial charge in [-0.05, 0) is 87.9 Å². The van der Waals surface area contributed by atoms with Gasteiger partial charge in [-0.2, -0.15) is 0 Å². The van der Waals surface area contributed by atoms with E-state index >= 15 is 0 Å². The lowest BCUT2D eigenvalue weighted by atomic mass is 9.61. The van der Waals surface area contributed by atoms with E-state index in [1.54, 1.807) is 22.3 Å². The summed E-state index contributed by atoms with van der Waals surface area (Å²) in [4.78, 5) is 48.9. The minimum Gasteiger partial charge on any atom is -0.472 e. The number of thiazole rings is 1. The number of aliphatic hydroxyl groups is 1. The van der Waals surface area contributed by atoms with Crippen LogP contribution in [0.1, 0.15) is 103 Å². The minimum atomic E-state index is -0.818. The number of benzene rings is 1. The Hall–Kier alpha value is -3.97. The van der Waals surface area contributed by atoms with Crippen LogP contribution < -0.4 is 10.1 Å². The molecule has 4 atom stereocenters. The number of ether oxygens (including phenoxy) is 2. The zero-order valence-corrected chi connectivity index (χ0v) is 31.5. The van der Waals surface area contributed by atoms with Crippen molar-refractivity contribution < 1.29 is 33.5 Å². The molecule has 1 saturated carbocycles. The Bertz CT molecular complexity index is 1700. The molecule has 1 spiro atoms. The van der Waals surface area contributed by atoms with Gasteiger partial charge in [0.15, 0.2) is 5.76 Å². The number of aryl methyl sites for hydroxylation is 1. The average Bonchev–Trinajstić information content (AvgIpc) is 3.80. The first kappa shape index (κ1) is 36.8. The summed E-state index contributed by atoms with van der Waals surface area (Å²) in [5.41, 5.74) is 4.44. The van der Waals surface area contributed by atoms with Crippen LogP contribution in [0.5, 0.6) is 5.88 Å². The Morgan fingerprint density at radius 1 is 1.10 bits per heavy atom. The zero-order valence-electron chi connectivity index (χ0n) is 30.7. The molecule has 2 N–H and O–H groups in total. The molecule has 2 unspecified atom stereocenters. The van der Waals surface area contributed by atoms with Gasteiger partial charge in [0.2, 0.25) is 11.8 Å². The van der Waals surface area contributed by atoms with Crippen LogP contribution in [0.4, 0.5) is 4.79 Å². The summed E-state index contributed by atoms with van der Waals surface area (Å²) in [6, 6.07) is 8.59. The van der Waals surface area contributed by atoms with Crippen LogP contribution >= 0.6 is 11.3 Å². The topological polar surface area (TPSA) is 147 Å². The summed E-state index contributed by atoms with van der Waals surface area (Å²) in [6.45, 7) is 14.8. The number of nitrogens with one attached hydrogen (secondary N) is 1. The number of piperidine rings is 1. The van der Waals surface area contributed by atoms with Gasteiger partial charge in [-0.15, -0.1) is 11.3 Å². The van der Waals surface area contributed by atoms with Crippen LogP contribution in [0.3, 0.4) is 0 Å². The van der Waals surface area contributed by atoms with Crippen molar-refractivity contribution in [3.05, 3.63) is 52.9 Å². The molecule has 3 fully saturated rings. The van der Waals surface area contributed by atoms with Crippen LogP contribution in [0.2, 0.25) is 0 Å². The number of carbonyl (C=O) groups is 3. The summed E-state index contributed by atoms with van der Waals surface area (Å²) < 4.78 is 17.4. The highest BCUT2D eigenvalue weighted by atomic mass is 32.1. The van der Waals surface area contributed by atoms with Crippen LogP contribution in [0.25, 0.3) is 10.4 Å². The van der Waals surface area contributed by atoms with E-state index in [1.165, 1.54) is 4.90 Å². The fourth-order valence-corrected chi connectivity index (χ4v) is 8.46. The highest BCUT2D eigenvalue weighted by Gasteiger charge is 2.49. The SMILES string of the molecule is Cc1ncsc1-c1ccc(C(C)NC(=O)[C@@H]2C[C@@H](O)CN2C(=O)C(c2cc(OC3CC4(CCN(C(=O)OC(C)(C)C)CC4)C3)no2)C(C)C)cc1. The van der Waals surface area contributed by atoms with Crippen LogP contribution in [-0.4, -0.2) is 86.4 Å². The van der Waals surface area contributed by atoms with Crippen molar-refractivity contribution in [2.75, 3.05) is 19.6 Å². The first-order valence-corrected chi connectivity index (χ1v) is 18.9. The van der Waals surface area contributed by atoms with Crippen LogP contribution in [0, 0.1) is 18.3 Å². The lowest BCUT2D eigenvalue weighted by Crippen LogP contribution is -2.52. The summed E-state index contributed by atoms with van der Waals surface area (Å²) in [5.74, 6) is -0.775. The van der Waals surface area contributed by atoms with Crippen molar-refractivity contribution in [2.24, 2.45) is 11.3 Å². The number of hydrogen-bond acceptors (Lipinski definition) is 10. The monoisotopic (exact) mass is 721 g/mol. The lowest BCUT2D eigenvalue weighted by molar-refractivity contribution is -0.141. The van der Waals surface area contributed by atoms with E-state index in [4.69, 9.17) is 14.0 Å². The minimum absolute atomic E-state index is 0.0268. The van der Waals surface area contributed by atoms with Crippen molar-refractivity contribution in [3.63, 3.8) is 0 Å². The molecule has 3 aliphatic rings. The Kier molecular flexibility index (Phi) is 10.5. The van der Waals surface area contributed by atoms with Gasteiger partial charge in [-0.1, -0.05) is 38.1 Å². The second kappa shape index (κ2) is 14.6. The van der Waals surface area contributed by atoms with E-state index in [2.05, 4.69) is 15.5 Å². The summed E-state index contributed by atoms with van der Waals surface area (Å²) >= 11 is 1.59. The fourth-order valence-electron chi connectivity index (χ4n) is 7.65. The first-order chi connectivity index (χ1) is 24.1. The van der Waals surface area contributed by atoms with E-state index in [9.17, 15) is 19.5 Å². The number of rotatable bonds is 9.